The third-order valence-corrected chi connectivity index (χ3v) is 9.04. The predicted molar refractivity (Wildman–Crippen MR) is 168 cm³/mol. The number of halogens is 2. The Morgan fingerprint density at radius 3 is 2.33 bits per heavy atom. The molecule has 0 aromatic heterocycles. The summed E-state index contributed by atoms with van der Waals surface area (Å²) < 4.78 is 34.9. The standard InChI is InChI=1S/C31H37Cl2N3O5S/c1-5-7-18-34-31(38)23(4)35(20-24-14-15-25(32)19-27(24)33)30(37)21-36(28-10-8-9-11-29(28)41-6-2)42(39,40)26-16-12-22(3)13-17-26/h8-17,19,23H,5-7,18,20-21H2,1-4H3,(H,34,38)/t23-/m0/s1. The lowest BCUT2D eigenvalue weighted by Gasteiger charge is -2.32. The van der Waals surface area contributed by atoms with E-state index in [9.17, 15) is 18.0 Å². The van der Waals surface area contributed by atoms with E-state index in [1.165, 1.54) is 17.0 Å². The Morgan fingerprint density at radius 2 is 1.69 bits per heavy atom. The van der Waals surface area contributed by atoms with Gasteiger partial charge in [-0.3, -0.25) is 13.9 Å². The normalized spacial score (nSPS) is 12.0. The zero-order valence-electron chi connectivity index (χ0n) is 24.3. The first-order valence-corrected chi connectivity index (χ1v) is 16.0. The van der Waals surface area contributed by atoms with Crippen LogP contribution in [0.15, 0.2) is 71.6 Å². The van der Waals surface area contributed by atoms with Crippen LogP contribution in [0, 0.1) is 6.92 Å². The minimum Gasteiger partial charge on any atom is -0.492 e. The van der Waals surface area contributed by atoms with Crippen molar-refractivity contribution in [2.75, 3.05) is 24.0 Å². The van der Waals surface area contributed by atoms with Crippen LogP contribution < -0.4 is 14.4 Å². The molecule has 1 N–H and O–H groups in total. The van der Waals surface area contributed by atoms with Crippen molar-refractivity contribution in [3.05, 3.63) is 87.9 Å². The summed E-state index contributed by atoms with van der Waals surface area (Å²) in [6, 6.07) is 17.0. The summed E-state index contributed by atoms with van der Waals surface area (Å²) >= 11 is 12.5. The van der Waals surface area contributed by atoms with Gasteiger partial charge in [-0.1, -0.05) is 72.4 Å². The summed E-state index contributed by atoms with van der Waals surface area (Å²) in [5.41, 5.74) is 1.66. The average molecular weight is 635 g/mol. The summed E-state index contributed by atoms with van der Waals surface area (Å²) in [6.45, 7) is 7.39. The Balaban J connectivity index is 2.07. The molecule has 0 spiro atoms. The number of benzene rings is 3. The number of aryl methyl sites for hydroxylation is 1. The molecule has 2 amide bonds. The van der Waals surface area contributed by atoms with Crippen LogP contribution in [-0.4, -0.2) is 50.9 Å². The molecule has 0 fully saturated rings. The van der Waals surface area contributed by atoms with Crippen molar-refractivity contribution in [1.29, 1.82) is 0 Å². The van der Waals surface area contributed by atoms with E-state index in [0.717, 1.165) is 22.7 Å². The minimum absolute atomic E-state index is 0.0184. The maximum Gasteiger partial charge on any atom is 0.264 e. The molecule has 8 nitrogen and oxygen atoms in total. The number of carbonyl (C=O) groups excluding carboxylic acids is 2. The van der Waals surface area contributed by atoms with E-state index in [1.807, 2.05) is 13.8 Å². The van der Waals surface area contributed by atoms with Crippen LogP contribution >= 0.6 is 23.2 Å². The lowest BCUT2D eigenvalue weighted by atomic mass is 10.1. The van der Waals surface area contributed by atoms with Crippen molar-refractivity contribution in [3.63, 3.8) is 0 Å². The largest absolute Gasteiger partial charge is 0.492 e. The molecule has 3 aromatic carbocycles. The predicted octanol–water partition coefficient (Wildman–Crippen LogP) is 6.23. The summed E-state index contributed by atoms with van der Waals surface area (Å²) in [4.78, 5) is 28.6. The van der Waals surface area contributed by atoms with Crippen LogP contribution in [-0.2, 0) is 26.2 Å². The maximum absolute atomic E-state index is 14.1. The van der Waals surface area contributed by atoms with Crippen LogP contribution in [0.5, 0.6) is 5.75 Å². The van der Waals surface area contributed by atoms with Crippen LogP contribution in [0.1, 0.15) is 44.7 Å². The van der Waals surface area contributed by atoms with E-state index in [2.05, 4.69) is 5.32 Å². The molecule has 0 unspecified atom stereocenters. The highest BCUT2D eigenvalue weighted by atomic mass is 35.5. The van der Waals surface area contributed by atoms with Gasteiger partial charge in [-0.15, -0.1) is 0 Å². The van der Waals surface area contributed by atoms with E-state index in [0.29, 0.717) is 34.5 Å². The van der Waals surface area contributed by atoms with Crippen molar-refractivity contribution < 1.29 is 22.7 Å². The smallest absolute Gasteiger partial charge is 0.264 e. The second-order valence-corrected chi connectivity index (χ2v) is 12.5. The average Bonchev–Trinajstić information content (AvgIpc) is 2.96. The molecule has 0 saturated heterocycles. The molecule has 11 heteroatoms. The molecular weight excluding hydrogens is 597 g/mol. The van der Waals surface area contributed by atoms with Crippen molar-refractivity contribution in [3.8, 4) is 5.75 Å². The third kappa shape index (κ3) is 8.40. The quantitative estimate of drug-likeness (QED) is 0.212. The highest BCUT2D eigenvalue weighted by Gasteiger charge is 2.34. The fourth-order valence-electron chi connectivity index (χ4n) is 4.24. The molecule has 0 aliphatic rings. The van der Waals surface area contributed by atoms with Gasteiger partial charge in [0.05, 0.1) is 17.2 Å². The Kier molecular flexibility index (Phi) is 12.1. The van der Waals surface area contributed by atoms with Gasteiger partial charge in [-0.25, -0.2) is 8.42 Å². The number of sulfonamides is 1. The fourth-order valence-corrected chi connectivity index (χ4v) is 6.14. The fraction of sp³-hybridized carbons (Fsp3) is 0.355. The number of hydrogen-bond donors (Lipinski definition) is 1. The number of carbonyl (C=O) groups is 2. The SMILES string of the molecule is CCCCNC(=O)[C@H](C)N(Cc1ccc(Cl)cc1Cl)C(=O)CN(c1ccccc1OCC)S(=O)(=O)c1ccc(C)cc1. The van der Waals surface area contributed by atoms with Gasteiger partial charge in [0.25, 0.3) is 10.0 Å². The zero-order valence-corrected chi connectivity index (χ0v) is 26.6. The summed E-state index contributed by atoms with van der Waals surface area (Å²) in [5, 5.41) is 3.61. The number of nitrogens with zero attached hydrogens (tertiary/aromatic N) is 2. The van der Waals surface area contributed by atoms with Crippen molar-refractivity contribution >= 4 is 50.7 Å². The monoisotopic (exact) mass is 633 g/mol. The zero-order chi connectivity index (χ0) is 30.9. The van der Waals surface area contributed by atoms with Crippen LogP contribution in [0.3, 0.4) is 0 Å². The van der Waals surface area contributed by atoms with Gasteiger partial charge in [0.1, 0.15) is 18.3 Å². The van der Waals surface area contributed by atoms with Gasteiger partial charge < -0.3 is 15.0 Å². The van der Waals surface area contributed by atoms with Crippen molar-refractivity contribution in [2.45, 2.75) is 58.0 Å². The summed E-state index contributed by atoms with van der Waals surface area (Å²) in [6.07, 6.45) is 1.68. The minimum atomic E-state index is -4.23. The third-order valence-electron chi connectivity index (χ3n) is 6.67. The van der Waals surface area contributed by atoms with Gasteiger partial charge >= 0.3 is 0 Å². The number of para-hydroxylation sites is 2. The number of nitrogens with one attached hydrogen (secondary N) is 1. The maximum atomic E-state index is 14.1. The van der Waals surface area contributed by atoms with Crippen molar-refractivity contribution in [2.24, 2.45) is 0 Å². The van der Waals surface area contributed by atoms with Gasteiger partial charge in [0, 0.05) is 23.1 Å². The molecule has 0 aliphatic carbocycles. The highest BCUT2D eigenvalue weighted by molar-refractivity contribution is 7.92. The molecule has 0 radical (unpaired) electrons. The number of amides is 2. The van der Waals surface area contributed by atoms with Crippen molar-refractivity contribution in [1.82, 2.24) is 10.2 Å². The number of rotatable bonds is 14. The lowest BCUT2D eigenvalue weighted by Crippen LogP contribution is -2.51. The number of hydrogen-bond acceptors (Lipinski definition) is 5. The number of unbranched alkanes of at least 4 members (excludes halogenated alkanes) is 1. The molecule has 3 aromatic rings. The first-order valence-electron chi connectivity index (χ1n) is 13.8. The second-order valence-electron chi connectivity index (χ2n) is 9.80. The second kappa shape index (κ2) is 15.3. The number of anilines is 1. The van der Waals surface area contributed by atoms with Crippen LogP contribution in [0.4, 0.5) is 5.69 Å². The topological polar surface area (TPSA) is 96.0 Å². The molecule has 0 heterocycles. The molecule has 0 bridgehead atoms. The number of ether oxygens (including phenoxy) is 1. The summed E-state index contributed by atoms with van der Waals surface area (Å²) in [5.74, 6) is -0.646. The van der Waals surface area contributed by atoms with Gasteiger partial charge in [0.15, 0.2) is 0 Å². The molecule has 42 heavy (non-hydrogen) atoms. The molecule has 0 saturated carbocycles. The Morgan fingerprint density at radius 1 is 1.00 bits per heavy atom. The molecule has 0 aliphatic heterocycles. The molecular formula is C31H37Cl2N3O5S. The molecule has 1 atom stereocenters. The van der Waals surface area contributed by atoms with Crippen LogP contribution in [0.2, 0.25) is 10.0 Å². The van der Waals surface area contributed by atoms with Gasteiger partial charge in [-0.05, 0) is 69.2 Å². The van der Waals surface area contributed by atoms with E-state index in [1.54, 1.807) is 68.4 Å². The Hall–Kier alpha value is -3.27. The Bertz CT molecular complexity index is 1480. The first-order chi connectivity index (χ1) is 20.0. The van der Waals surface area contributed by atoms with Gasteiger partial charge in [0.2, 0.25) is 11.8 Å². The van der Waals surface area contributed by atoms with Crippen LogP contribution in [0.25, 0.3) is 0 Å². The molecule has 3 rings (SSSR count). The van der Waals surface area contributed by atoms with Gasteiger partial charge in [-0.2, -0.15) is 0 Å². The van der Waals surface area contributed by atoms with E-state index >= 15 is 0 Å². The Labute approximate surface area is 258 Å². The highest BCUT2D eigenvalue weighted by Crippen LogP contribution is 2.33. The molecule has 226 valence electrons. The van der Waals surface area contributed by atoms with E-state index in [4.69, 9.17) is 27.9 Å². The first kappa shape index (κ1) is 33.2. The lowest BCUT2D eigenvalue weighted by molar-refractivity contribution is -0.139. The summed E-state index contributed by atoms with van der Waals surface area (Å²) in [7, 11) is -4.23. The van der Waals surface area contributed by atoms with E-state index in [-0.39, 0.29) is 23.0 Å². The van der Waals surface area contributed by atoms with E-state index < -0.39 is 28.5 Å².